The second-order valence-corrected chi connectivity index (χ2v) is 4.49. The Balaban J connectivity index is 2.24. The van der Waals surface area contributed by atoms with E-state index in [4.69, 9.17) is 11.2 Å². The summed E-state index contributed by atoms with van der Waals surface area (Å²) in [5.74, 6) is 2.36. The molecule has 7 heteroatoms. The summed E-state index contributed by atoms with van der Waals surface area (Å²) < 4.78 is 10.5. The van der Waals surface area contributed by atoms with Crippen LogP contribution >= 0.6 is 0 Å². The van der Waals surface area contributed by atoms with Crippen LogP contribution in [0.3, 0.4) is 0 Å². The number of nitrogens with zero attached hydrogens (tertiary/aromatic N) is 1. The summed E-state index contributed by atoms with van der Waals surface area (Å²) in [6.45, 7) is -0.182. The van der Waals surface area contributed by atoms with Crippen molar-refractivity contribution in [3.63, 3.8) is 0 Å². The Morgan fingerprint density at radius 1 is 1.43 bits per heavy atom. The molecule has 1 aromatic rings. The van der Waals surface area contributed by atoms with Crippen molar-refractivity contribution in [3.8, 4) is 12.3 Å². The van der Waals surface area contributed by atoms with Gasteiger partial charge in [-0.05, 0) is 6.08 Å². The molecule has 1 aromatic carbocycles. The molecule has 7 nitrogen and oxygen atoms in total. The lowest BCUT2D eigenvalue weighted by Crippen LogP contribution is -2.73. The van der Waals surface area contributed by atoms with Crippen LogP contribution < -0.4 is 5.48 Å². The van der Waals surface area contributed by atoms with Crippen molar-refractivity contribution in [1.29, 1.82) is 0 Å². The van der Waals surface area contributed by atoms with Crippen molar-refractivity contribution in [2.75, 3.05) is 6.61 Å². The maximum Gasteiger partial charge on any atom is 0.514 e. The minimum Gasteiger partial charge on any atom is -0.421 e. The second-order valence-electron chi connectivity index (χ2n) is 4.49. The number of hydrogen-bond donors (Lipinski definition) is 3. The standard InChI is InChI=1S/C16H15N2O5/c1-2-10-22-16(19)23-13-7-5-6-12(11-13)18(21)15-9-4-3-8-14(15)17-20/h1,3-5,7-9,11,17,20-21H,6,10H2/q+1/p+1/b18-12-. The Labute approximate surface area is 132 Å². The van der Waals surface area contributed by atoms with E-state index in [0.717, 1.165) is 10.2 Å². The number of terminal acetylenes is 1. The molecule has 0 unspecified atom stereocenters. The zero-order chi connectivity index (χ0) is 16.7. The highest BCUT2D eigenvalue weighted by molar-refractivity contribution is 5.94. The highest BCUT2D eigenvalue weighted by Gasteiger charge is 2.24. The van der Waals surface area contributed by atoms with E-state index in [-0.39, 0.29) is 12.4 Å². The molecule has 0 fully saturated rings. The van der Waals surface area contributed by atoms with E-state index < -0.39 is 6.16 Å². The minimum absolute atomic E-state index is 0.182. The Morgan fingerprint density at radius 3 is 2.96 bits per heavy atom. The first-order chi connectivity index (χ1) is 11.2. The van der Waals surface area contributed by atoms with Crippen LogP contribution in [0.2, 0.25) is 0 Å². The molecule has 0 bridgehead atoms. The number of carbonyl (C=O) groups is 1. The lowest BCUT2D eigenvalue weighted by Gasteiger charge is -2.07. The van der Waals surface area contributed by atoms with Crippen LogP contribution in [0.5, 0.6) is 0 Å². The average Bonchev–Trinajstić information content (AvgIpc) is 2.59. The smallest absolute Gasteiger partial charge is 0.421 e. The van der Waals surface area contributed by atoms with Crippen molar-refractivity contribution in [3.05, 3.63) is 48.3 Å². The van der Waals surface area contributed by atoms with E-state index in [1.54, 1.807) is 36.4 Å². The molecule has 2 rings (SSSR count). The molecule has 0 aromatic heterocycles. The Bertz CT molecular complexity index is 728. The van der Waals surface area contributed by atoms with Gasteiger partial charge in [0.15, 0.2) is 6.61 Å². The summed E-state index contributed by atoms with van der Waals surface area (Å²) in [6, 6.07) is 6.75. The molecule has 23 heavy (non-hydrogen) atoms. The molecule has 118 valence electrons. The number of benzene rings is 1. The maximum atomic E-state index is 11.4. The minimum atomic E-state index is -0.923. The van der Waals surface area contributed by atoms with Gasteiger partial charge >= 0.3 is 11.8 Å². The van der Waals surface area contributed by atoms with Crippen molar-refractivity contribution in [2.24, 2.45) is 0 Å². The van der Waals surface area contributed by atoms with E-state index in [1.807, 2.05) is 0 Å². The molecular formula is C16H16N2O5+2. The molecular weight excluding hydrogens is 300 g/mol. The quantitative estimate of drug-likeness (QED) is 0.195. The zero-order valence-electron chi connectivity index (χ0n) is 12.2. The number of rotatable bonds is 4. The molecule has 1 aliphatic rings. The topological polar surface area (TPSA) is 95.6 Å². The molecule has 0 atom stereocenters. The molecule has 0 radical (unpaired) electrons. The fraction of sp³-hybridized carbons (Fsp3) is 0.125. The molecule has 4 N–H and O–H groups in total. The van der Waals surface area contributed by atoms with E-state index in [1.165, 1.54) is 6.08 Å². The van der Waals surface area contributed by atoms with Crippen molar-refractivity contribution in [2.45, 2.75) is 6.42 Å². The van der Waals surface area contributed by atoms with Gasteiger partial charge in [0, 0.05) is 16.9 Å². The van der Waals surface area contributed by atoms with Crippen molar-refractivity contribution in [1.82, 2.24) is 0 Å². The molecule has 0 aliphatic heterocycles. The van der Waals surface area contributed by atoms with Crippen LogP contribution in [-0.4, -0.2) is 33.6 Å². The van der Waals surface area contributed by atoms with Crippen LogP contribution in [0.25, 0.3) is 0 Å². The number of nitrogens with two attached hydrogens (primary N) is 1. The monoisotopic (exact) mass is 316 g/mol. The third-order valence-corrected chi connectivity index (χ3v) is 2.97. The lowest BCUT2D eigenvalue weighted by molar-refractivity contribution is -0.830. The number of allylic oxidation sites excluding steroid dienone is 3. The molecule has 0 spiro atoms. The first-order valence-electron chi connectivity index (χ1n) is 6.73. The first-order valence-corrected chi connectivity index (χ1v) is 6.73. The summed E-state index contributed by atoms with van der Waals surface area (Å²) in [7, 11) is 0. The predicted octanol–water partition coefficient (Wildman–Crippen LogP) is 1.38. The number of hydrogen-bond acceptors (Lipinski definition) is 5. The van der Waals surface area contributed by atoms with E-state index in [0.29, 0.717) is 23.5 Å². The fourth-order valence-electron chi connectivity index (χ4n) is 1.95. The van der Waals surface area contributed by atoms with Gasteiger partial charge in [0.25, 0.3) is 0 Å². The summed E-state index contributed by atoms with van der Waals surface area (Å²) in [5.41, 5.74) is 2.20. The van der Waals surface area contributed by atoms with Gasteiger partial charge in [0.2, 0.25) is 11.4 Å². The molecule has 1 aliphatic carbocycles. The van der Waals surface area contributed by atoms with Gasteiger partial charge in [-0.1, -0.05) is 24.1 Å². The summed E-state index contributed by atoms with van der Waals surface area (Å²) in [6.07, 6.45) is 9.27. The van der Waals surface area contributed by atoms with Crippen LogP contribution in [0.4, 0.5) is 16.2 Å². The van der Waals surface area contributed by atoms with Gasteiger partial charge in [0.1, 0.15) is 5.76 Å². The molecule has 0 saturated carbocycles. The maximum absolute atomic E-state index is 11.4. The summed E-state index contributed by atoms with van der Waals surface area (Å²) in [4.78, 5) is 11.4. The number of quaternary nitrogens is 1. The number of carbonyl (C=O) groups excluding carboxylic acids is 1. The number of para-hydroxylation sites is 2. The van der Waals surface area contributed by atoms with Crippen LogP contribution in [0.15, 0.2) is 48.3 Å². The van der Waals surface area contributed by atoms with Crippen LogP contribution in [-0.2, 0) is 9.47 Å². The van der Waals surface area contributed by atoms with Gasteiger partial charge in [-0.25, -0.2) is 10.0 Å². The van der Waals surface area contributed by atoms with Gasteiger partial charge < -0.3 is 9.47 Å². The van der Waals surface area contributed by atoms with E-state index in [9.17, 15) is 15.2 Å². The Hall–Kier alpha value is -3.08. The number of ether oxygens (including phenoxy) is 2. The normalized spacial score (nSPS) is 15.4. The highest BCUT2D eigenvalue weighted by Crippen LogP contribution is 2.20. The van der Waals surface area contributed by atoms with Crippen LogP contribution in [0.1, 0.15) is 6.42 Å². The Kier molecular flexibility index (Phi) is 5.52. The third kappa shape index (κ3) is 4.20. The first kappa shape index (κ1) is 16.3. The molecule has 0 saturated heterocycles. The van der Waals surface area contributed by atoms with E-state index >= 15 is 0 Å². The van der Waals surface area contributed by atoms with Crippen LogP contribution in [0, 0.1) is 12.3 Å². The zero-order valence-corrected chi connectivity index (χ0v) is 12.2. The van der Waals surface area contributed by atoms with Gasteiger partial charge in [0.05, 0.1) is 12.5 Å². The Morgan fingerprint density at radius 2 is 2.22 bits per heavy atom. The van der Waals surface area contributed by atoms with Crippen molar-refractivity contribution < 1.29 is 34.9 Å². The highest BCUT2D eigenvalue weighted by atomic mass is 16.7. The largest absolute Gasteiger partial charge is 0.514 e. The van der Waals surface area contributed by atoms with Gasteiger partial charge in [-0.3, -0.25) is 5.21 Å². The van der Waals surface area contributed by atoms with Crippen molar-refractivity contribution >= 4 is 23.2 Å². The molecule has 0 amide bonds. The fourth-order valence-corrected chi connectivity index (χ4v) is 1.95. The van der Waals surface area contributed by atoms with Gasteiger partial charge in [-0.2, -0.15) is 5.48 Å². The molecule has 0 heterocycles. The lowest BCUT2D eigenvalue weighted by atomic mass is 10.1. The third-order valence-electron chi connectivity index (χ3n) is 2.97. The van der Waals surface area contributed by atoms with Gasteiger partial charge in [-0.15, -0.1) is 6.42 Å². The predicted molar refractivity (Wildman–Crippen MR) is 79.6 cm³/mol. The SMILES string of the molecule is C#CCOC(=O)OC1=C/C(=[N+](\O)c2ccccc2[NH2+]O)CC=C1. The average molecular weight is 316 g/mol. The summed E-state index contributed by atoms with van der Waals surface area (Å²) in [5, 5.41) is 19.6. The van der Waals surface area contributed by atoms with E-state index in [2.05, 4.69) is 10.7 Å². The summed E-state index contributed by atoms with van der Waals surface area (Å²) >= 11 is 0. The second kappa shape index (κ2) is 7.79.